The van der Waals surface area contributed by atoms with Gasteiger partial charge in [-0.25, -0.2) is 0 Å². The Bertz CT molecular complexity index is 273. The second kappa shape index (κ2) is 4.13. The standard InChI is InChI=1S/C12H22ClN3/c1-16-5-4-8-11(14)9-6-7(13)2-3-10(9)15-12(8)16/h7-12,15H,2-6,14H2,1H3/p+1. The number of rotatable bonds is 0. The Morgan fingerprint density at radius 1 is 1.25 bits per heavy atom. The Morgan fingerprint density at radius 3 is 2.88 bits per heavy atom. The molecule has 3 aliphatic rings. The molecule has 92 valence electrons. The Balaban J connectivity index is 1.78. The van der Waals surface area contributed by atoms with Crippen LogP contribution in [-0.4, -0.2) is 42.1 Å². The summed E-state index contributed by atoms with van der Waals surface area (Å²) in [4.78, 5) is 2.48. The molecular formula is C12H23ClN3+. The summed E-state index contributed by atoms with van der Waals surface area (Å²) in [5.41, 5.74) is 6.49. The van der Waals surface area contributed by atoms with E-state index in [1.54, 1.807) is 0 Å². The Morgan fingerprint density at radius 2 is 2.06 bits per heavy atom. The number of nitrogens with zero attached hydrogens (tertiary/aromatic N) is 1. The van der Waals surface area contributed by atoms with E-state index in [1.807, 2.05) is 0 Å². The minimum absolute atomic E-state index is 0.372. The summed E-state index contributed by atoms with van der Waals surface area (Å²) in [6.45, 7) is 1.21. The van der Waals surface area contributed by atoms with Gasteiger partial charge in [0.25, 0.3) is 0 Å². The van der Waals surface area contributed by atoms with Gasteiger partial charge in [0.15, 0.2) is 0 Å². The van der Waals surface area contributed by atoms with Crippen LogP contribution in [0.25, 0.3) is 0 Å². The summed E-state index contributed by atoms with van der Waals surface area (Å²) < 4.78 is 0. The molecule has 1 saturated carbocycles. The van der Waals surface area contributed by atoms with Crippen molar-refractivity contribution in [2.75, 3.05) is 13.6 Å². The molecule has 0 radical (unpaired) electrons. The highest BCUT2D eigenvalue weighted by Gasteiger charge is 2.51. The van der Waals surface area contributed by atoms with Crippen molar-refractivity contribution in [1.29, 1.82) is 0 Å². The molecule has 3 nitrogen and oxygen atoms in total. The molecule has 0 amide bonds. The predicted octanol–water partition coefficient (Wildman–Crippen LogP) is -0.0554. The van der Waals surface area contributed by atoms with Crippen LogP contribution >= 0.6 is 11.6 Å². The van der Waals surface area contributed by atoms with Gasteiger partial charge >= 0.3 is 0 Å². The van der Waals surface area contributed by atoms with Crippen LogP contribution in [0, 0.1) is 11.8 Å². The van der Waals surface area contributed by atoms with Gasteiger partial charge in [-0.2, -0.15) is 0 Å². The second-order valence-electron chi connectivity index (χ2n) is 5.93. The molecule has 0 bridgehead atoms. The van der Waals surface area contributed by atoms with Crippen molar-refractivity contribution in [1.82, 2.24) is 4.90 Å². The van der Waals surface area contributed by atoms with E-state index >= 15 is 0 Å². The average molecular weight is 245 g/mol. The van der Waals surface area contributed by atoms with Crippen LogP contribution in [0.1, 0.15) is 25.7 Å². The van der Waals surface area contributed by atoms with Gasteiger partial charge in [0, 0.05) is 36.2 Å². The van der Waals surface area contributed by atoms with Gasteiger partial charge < -0.3 is 11.1 Å². The number of alkyl halides is 1. The molecule has 4 heteroatoms. The number of nitrogens with two attached hydrogens (primary N) is 2. The third-order valence-electron chi connectivity index (χ3n) is 5.09. The van der Waals surface area contributed by atoms with E-state index in [-0.39, 0.29) is 0 Å². The summed E-state index contributed by atoms with van der Waals surface area (Å²) in [6.07, 6.45) is 5.48. The molecule has 2 saturated heterocycles. The van der Waals surface area contributed by atoms with Gasteiger partial charge in [0.1, 0.15) is 6.17 Å². The summed E-state index contributed by atoms with van der Waals surface area (Å²) >= 11 is 6.29. The molecular weight excluding hydrogens is 222 g/mol. The Kier molecular flexibility index (Phi) is 2.91. The number of halogens is 1. The molecule has 4 N–H and O–H groups in total. The summed E-state index contributed by atoms with van der Waals surface area (Å²) in [6, 6.07) is 1.11. The van der Waals surface area contributed by atoms with Crippen molar-refractivity contribution < 1.29 is 5.32 Å². The minimum Gasteiger partial charge on any atom is -0.328 e. The van der Waals surface area contributed by atoms with Crippen molar-refractivity contribution in [2.24, 2.45) is 17.6 Å². The summed E-state index contributed by atoms with van der Waals surface area (Å²) in [5.74, 6) is 1.34. The van der Waals surface area contributed by atoms with Crippen molar-refractivity contribution in [3.63, 3.8) is 0 Å². The first-order valence-corrected chi connectivity index (χ1v) is 7.05. The lowest BCUT2D eigenvalue weighted by molar-refractivity contribution is -0.759. The van der Waals surface area contributed by atoms with E-state index in [0.717, 1.165) is 12.5 Å². The number of likely N-dealkylation sites (tertiary alicyclic amines) is 1. The number of piperidine rings is 1. The van der Waals surface area contributed by atoms with Crippen LogP contribution in [0.5, 0.6) is 0 Å². The van der Waals surface area contributed by atoms with E-state index in [4.69, 9.17) is 17.3 Å². The topological polar surface area (TPSA) is 45.9 Å². The van der Waals surface area contributed by atoms with E-state index in [0.29, 0.717) is 29.4 Å². The molecule has 16 heavy (non-hydrogen) atoms. The fourth-order valence-electron chi connectivity index (χ4n) is 4.14. The smallest absolute Gasteiger partial charge is 0.146 e. The quantitative estimate of drug-likeness (QED) is 0.587. The lowest BCUT2D eigenvalue weighted by atomic mass is 9.71. The van der Waals surface area contributed by atoms with Crippen molar-refractivity contribution >= 4 is 11.6 Å². The zero-order chi connectivity index (χ0) is 11.3. The van der Waals surface area contributed by atoms with Crippen LogP contribution in [0.2, 0.25) is 0 Å². The first-order valence-electron chi connectivity index (χ1n) is 6.61. The maximum atomic E-state index is 6.49. The molecule has 1 aliphatic carbocycles. The van der Waals surface area contributed by atoms with Crippen LogP contribution < -0.4 is 11.1 Å². The third-order valence-corrected chi connectivity index (χ3v) is 5.48. The number of quaternary nitrogens is 1. The van der Waals surface area contributed by atoms with Gasteiger partial charge in [-0.3, -0.25) is 4.90 Å². The summed E-state index contributed by atoms with van der Waals surface area (Å²) in [5, 5.41) is 2.96. The number of fused-ring (bicyclic) bond motifs is 2. The highest BCUT2D eigenvalue weighted by atomic mass is 35.5. The lowest BCUT2D eigenvalue weighted by Gasteiger charge is -2.45. The van der Waals surface area contributed by atoms with Crippen LogP contribution in [0.4, 0.5) is 0 Å². The Labute approximate surface area is 103 Å². The van der Waals surface area contributed by atoms with Gasteiger partial charge in [0.05, 0.1) is 6.04 Å². The van der Waals surface area contributed by atoms with Gasteiger partial charge in [-0.1, -0.05) is 0 Å². The number of hydrogen-bond donors (Lipinski definition) is 2. The van der Waals surface area contributed by atoms with Crippen molar-refractivity contribution in [3.05, 3.63) is 0 Å². The normalized spacial score (nSPS) is 53.4. The number of hydrogen-bond acceptors (Lipinski definition) is 2. The molecule has 2 aliphatic heterocycles. The summed E-state index contributed by atoms with van der Waals surface area (Å²) in [7, 11) is 2.24. The highest BCUT2D eigenvalue weighted by Crippen LogP contribution is 2.36. The van der Waals surface area contributed by atoms with Crippen molar-refractivity contribution in [2.45, 2.75) is 49.3 Å². The largest absolute Gasteiger partial charge is 0.328 e. The molecule has 0 aromatic heterocycles. The van der Waals surface area contributed by atoms with Crippen LogP contribution in [0.15, 0.2) is 0 Å². The van der Waals surface area contributed by atoms with E-state index < -0.39 is 0 Å². The molecule has 0 aromatic carbocycles. The van der Waals surface area contributed by atoms with Crippen LogP contribution in [0.3, 0.4) is 0 Å². The third kappa shape index (κ3) is 1.69. The lowest BCUT2D eigenvalue weighted by Crippen LogP contribution is -3.03. The molecule has 3 rings (SSSR count). The van der Waals surface area contributed by atoms with Gasteiger partial charge in [0.2, 0.25) is 0 Å². The monoisotopic (exact) mass is 244 g/mol. The molecule has 0 spiro atoms. The van der Waals surface area contributed by atoms with Crippen molar-refractivity contribution in [3.8, 4) is 0 Å². The highest BCUT2D eigenvalue weighted by molar-refractivity contribution is 6.20. The van der Waals surface area contributed by atoms with E-state index in [2.05, 4.69) is 17.3 Å². The SMILES string of the molecule is CN1CCC2C(N)C3CC(Cl)CCC3[NH2+]C21. The molecule has 2 heterocycles. The minimum atomic E-state index is 0.372. The molecule has 0 aromatic rings. The fraction of sp³-hybridized carbons (Fsp3) is 1.00. The predicted molar refractivity (Wildman–Crippen MR) is 65.2 cm³/mol. The van der Waals surface area contributed by atoms with Gasteiger partial charge in [-0.15, -0.1) is 11.6 Å². The first-order chi connectivity index (χ1) is 7.66. The molecule has 3 fully saturated rings. The maximum absolute atomic E-state index is 6.49. The zero-order valence-electron chi connectivity index (χ0n) is 9.98. The van der Waals surface area contributed by atoms with Crippen LogP contribution in [-0.2, 0) is 0 Å². The molecule has 6 unspecified atom stereocenters. The Hall–Kier alpha value is 0.170. The average Bonchev–Trinajstić information content (AvgIpc) is 2.63. The van der Waals surface area contributed by atoms with Gasteiger partial charge in [-0.05, 0) is 26.3 Å². The maximum Gasteiger partial charge on any atom is 0.146 e. The van der Waals surface area contributed by atoms with E-state index in [1.165, 1.54) is 25.8 Å². The second-order valence-corrected chi connectivity index (χ2v) is 6.55. The van der Waals surface area contributed by atoms with E-state index in [9.17, 15) is 0 Å². The first kappa shape index (κ1) is 11.3. The molecule has 6 atom stereocenters. The fourth-order valence-corrected chi connectivity index (χ4v) is 4.47. The zero-order valence-corrected chi connectivity index (χ0v) is 10.7.